The summed E-state index contributed by atoms with van der Waals surface area (Å²) in [4.78, 5) is 16.0. The number of para-hydroxylation sites is 3. The Morgan fingerprint density at radius 3 is 1.32 bits per heavy atom. The van der Waals surface area contributed by atoms with Crippen molar-refractivity contribution in [2.24, 2.45) is 0 Å². The van der Waals surface area contributed by atoms with Crippen molar-refractivity contribution in [2.45, 2.75) is 5.41 Å². The molecular weight excluding hydrogens is 839 g/mol. The van der Waals surface area contributed by atoms with Crippen LogP contribution in [0, 0.1) is 0 Å². The summed E-state index contributed by atoms with van der Waals surface area (Å²) in [6.07, 6.45) is 0. The molecule has 5 nitrogen and oxygen atoms in total. The maximum Gasteiger partial charge on any atom is 0.164 e. The molecule has 15 rings (SSSR count). The molecule has 0 amide bonds. The predicted molar refractivity (Wildman–Crippen MR) is 281 cm³/mol. The van der Waals surface area contributed by atoms with Gasteiger partial charge in [0.1, 0.15) is 0 Å². The van der Waals surface area contributed by atoms with Gasteiger partial charge in [-0.25, -0.2) is 15.0 Å². The summed E-state index contributed by atoms with van der Waals surface area (Å²) in [6, 6.07) is 85.4. The molecule has 3 heterocycles. The van der Waals surface area contributed by atoms with E-state index in [4.69, 9.17) is 15.0 Å². The quantitative estimate of drug-likeness (QED) is 0.173. The van der Waals surface area contributed by atoms with E-state index in [2.05, 4.69) is 228 Å². The van der Waals surface area contributed by atoms with E-state index in [9.17, 15) is 0 Å². The van der Waals surface area contributed by atoms with Gasteiger partial charge in [0.05, 0.1) is 27.5 Å². The van der Waals surface area contributed by atoms with E-state index >= 15 is 0 Å². The number of fused-ring (bicyclic) bond motifs is 16. The smallest absolute Gasteiger partial charge is 0.164 e. The zero-order valence-electron chi connectivity index (χ0n) is 37.3. The van der Waals surface area contributed by atoms with E-state index < -0.39 is 5.41 Å². The van der Waals surface area contributed by atoms with Gasteiger partial charge in [0.2, 0.25) is 0 Å². The molecule has 5 heteroatoms. The molecule has 13 aromatic rings. The Morgan fingerprint density at radius 2 is 0.710 bits per heavy atom. The lowest BCUT2D eigenvalue weighted by Gasteiger charge is -2.30. The van der Waals surface area contributed by atoms with Crippen LogP contribution in [0.5, 0.6) is 0 Å². The first kappa shape index (κ1) is 38.0. The molecule has 0 N–H and O–H groups in total. The second-order valence-electron chi connectivity index (χ2n) is 18.3. The fourth-order valence-corrected chi connectivity index (χ4v) is 12.0. The molecule has 2 aliphatic carbocycles. The third-order valence-corrected chi connectivity index (χ3v) is 14.8. The molecule has 0 saturated carbocycles. The highest BCUT2D eigenvalue weighted by molar-refractivity contribution is 6.19. The summed E-state index contributed by atoms with van der Waals surface area (Å²) in [5.41, 5.74) is 19.3. The minimum absolute atomic E-state index is 0.472. The predicted octanol–water partition coefficient (Wildman–Crippen LogP) is 15.4. The molecule has 320 valence electrons. The molecule has 69 heavy (non-hydrogen) atoms. The van der Waals surface area contributed by atoms with E-state index in [1.165, 1.54) is 71.5 Å². The van der Waals surface area contributed by atoms with Crippen LogP contribution in [0.2, 0.25) is 0 Å². The van der Waals surface area contributed by atoms with E-state index in [0.29, 0.717) is 17.5 Å². The maximum atomic E-state index is 5.41. The van der Waals surface area contributed by atoms with Gasteiger partial charge >= 0.3 is 0 Å². The highest BCUT2D eigenvalue weighted by Gasteiger charge is 2.52. The first-order valence-corrected chi connectivity index (χ1v) is 23.6. The Balaban J connectivity index is 0.917. The first-order valence-electron chi connectivity index (χ1n) is 23.6. The second kappa shape index (κ2) is 14.4. The average molecular weight is 878 g/mol. The van der Waals surface area contributed by atoms with Crippen LogP contribution in [0.15, 0.2) is 237 Å². The van der Waals surface area contributed by atoms with Gasteiger partial charge in [0, 0.05) is 49.6 Å². The molecule has 2 aliphatic rings. The third kappa shape index (κ3) is 5.27. The summed E-state index contributed by atoms with van der Waals surface area (Å²) in [6.45, 7) is 0. The summed E-state index contributed by atoms with van der Waals surface area (Å²) >= 11 is 0. The van der Waals surface area contributed by atoms with Crippen molar-refractivity contribution in [3.8, 4) is 67.8 Å². The van der Waals surface area contributed by atoms with Crippen molar-refractivity contribution in [1.82, 2.24) is 24.1 Å². The SMILES string of the molecule is c1ccc(-c2nc(-c3ccc(-n4c5ccccc5c5cc6c7ccccc7n(-c7ccccc7)c6cc54)cc3)nc(-c3cccc4c3-c3ccccc3C43c4ccccc4-c4ccccc43)n2)cc1. The summed E-state index contributed by atoms with van der Waals surface area (Å²) in [5.74, 6) is 1.90. The van der Waals surface area contributed by atoms with Gasteiger partial charge in [-0.3, -0.25) is 0 Å². The molecular formula is C64H39N5. The van der Waals surface area contributed by atoms with Gasteiger partial charge in [0.15, 0.2) is 17.5 Å². The molecule has 0 atom stereocenters. The summed E-state index contributed by atoms with van der Waals surface area (Å²) < 4.78 is 4.79. The second-order valence-corrected chi connectivity index (χ2v) is 18.3. The fraction of sp³-hybridized carbons (Fsp3) is 0.0156. The number of rotatable bonds is 5. The molecule has 3 aromatic heterocycles. The number of benzene rings is 10. The van der Waals surface area contributed by atoms with E-state index in [1.807, 2.05) is 18.2 Å². The van der Waals surface area contributed by atoms with Crippen LogP contribution in [0.1, 0.15) is 22.3 Å². The van der Waals surface area contributed by atoms with Crippen LogP contribution in [0.25, 0.3) is 111 Å². The van der Waals surface area contributed by atoms with Crippen LogP contribution < -0.4 is 0 Å². The lowest BCUT2D eigenvalue weighted by molar-refractivity contribution is 0.794. The zero-order chi connectivity index (χ0) is 45.2. The van der Waals surface area contributed by atoms with Crippen LogP contribution >= 0.6 is 0 Å². The van der Waals surface area contributed by atoms with Crippen molar-refractivity contribution in [2.75, 3.05) is 0 Å². The van der Waals surface area contributed by atoms with Crippen molar-refractivity contribution in [3.63, 3.8) is 0 Å². The molecule has 0 aliphatic heterocycles. The third-order valence-electron chi connectivity index (χ3n) is 14.8. The molecule has 0 bridgehead atoms. The highest BCUT2D eigenvalue weighted by atomic mass is 15.0. The molecule has 0 fully saturated rings. The van der Waals surface area contributed by atoms with Crippen LogP contribution in [-0.2, 0) is 5.41 Å². The number of hydrogen-bond donors (Lipinski definition) is 0. The number of hydrogen-bond acceptors (Lipinski definition) is 3. The van der Waals surface area contributed by atoms with E-state index in [-0.39, 0.29) is 0 Å². The van der Waals surface area contributed by atoms with E-state index in [1.54, 1.807) is 0 Å². The summed E-state index contributed by atoms with van der Waals surface area (Å²) in [7, 11) is 0. The van der Waals surface area contributed by atoms with Gasteiger partial charge in [-0.15, -0.1) is 0 Å². The minimum Gasteiger partial charge on any atom is -0.309 e. The normalized spacial score (nSPS) is 13.0. The zero-order valence-corrected chi connectivity index (χ0v) is 37.3. The Kier molecular flexibility index (Phi) is 7.93. The first-order chi connectivity index (χ1) is 34.2. The average Bonchev–Trinajstić information content (AvgIpc) is 4.12. The standard InChI is InChI=1S/C64H39N5/c1-3-18-40(19-4-1)61-65-62(67-63(66-61)49-27-17-31-55-60(49)48-26-9-14-30-54(48)64(55)52-28-12-7-22-44(52)45-23-8-13-29-53(45)64)41-34-36-43(37-35-41)69-57-33-16-11-25-47(57)51-38-50-46-24-10-15-32-56(46)68(58(50)39-59(51)69)42-20-5-2-6-21-42/h1-39H. The van der Waals surface area contributed by atoms with Crippen LogP contribution in [0.4, 0.5) is 0 Å². The minimum atomic E-state index is -0.472. The number of nitrogens with zero attached hydrogens (tertiary/aromatic N) is 5. The highest BCUT2D eigenvalue weighted by Crippen LogP contribution is 2.63. The van der Waals surface area contributed by atoms with E-state index in [0.717, 1.165) is 44.7 Å². The molecule has 1 spiro atoms. The topological polar surface area (TPSA) is 48.5 Å². The van der Waals surface area contributed by atoms with Crippen LogP contribution in [-0.4, -0.2) is 24.1 Å². The van der Waals surface area contributed by atoms with Gasteiger partial charge in [-0.2, -0.15) is 0 Å². The van der Waals surface area contributed by atoms with Crippen molar-refractivity contribution >= 4 is 43.6 Å². The fourth-order valence-electron chi connectivity index (χ4n) is 12.0. The molecule has 0 saturated heterocycles. The van der Waals surface area contributed by atoms with Crippen molar-refractivity contribution in [3.05, 3.63) is 259 Å². The molecule has 0 radical (unpaired) electrons. The lowest BCUT2D eigenvalue weighted by Crippen LogP contribution is -2.25. The molecule has 0 unspecified atom stereocenters. The van der Waals surface area contributed by atoms with Crippen LogP contribution in [0.3, 0.4) is 0 Å². The maximum absolute atomic E-state index is 5.41. The van der Waals surface area contributed by atoms with Gasteiger partial charge in [-0.05, 0) is 105 Å². The Hall–Kier alpha value is -9.19. The monoisotopic (exact) mass is 877 g/mol. The molecule has 10 aromatic carbocycles. The number of aromatic nitrogens is 5. The largest absolute Gasteiger partial charge is 0.309 e. The van der Waals surface area contributed by atoms with Gasteiger partial charge < -0.3 is 9.13 Å². The Morgan fingerprint density at radius 1 is 0.275 bits per heavy atom. The van der Waals surface area contributed by atoms with Gasteiger partial charge in [0.25, 0.3) is 0 Å². The summed E-state index contributed by atoms with van der Waals surface area (Å²) in [5, 5.41) is 4.91. The van der Waals surface area contributed by atoms with Crippen molar-refractivity contribution in [1.29, 1.82) is 0 Å². The Labute approximate surface area is 397 Å². The van der Waals surface area contributed by atoms with Gasteiger partial charge in [-0.1, -0.05) is 176 Å². The lowest BCUT2D eigenvalue weighted by atomic mass is 9.70. The Bertz CT molecular complexity index is 4190. The van der Waals surface area contributed by atoms with Crippen molar-refractivity contribution < 1.29 is 0 Å².